The SMILES string of the molecule is COC(=O)CCNCCc1ccccc1OC. The molecule has 17 heavy (non-hydrogen) atoms. The summed E-state index contributed by atoms with van der Waals surface area (Å²) in [5.74, 6) is 0.719. The van der Waals surface area contributed by atoms with Gasteiger partial charge in [0.25, 0.3) is 0 Å². The van der Waals surface area contributed by atoms with Crippen LogP contribution in [0.1, 0.15) is 12.0 Å². The van der Waals surface area contributed by atoms with Crippen LogP contribution in [0.15, 0.2) is 24.3 Å². The summed E-state index contributed by atoms with van der Waals surface area (Å²) in [5, 5.41) is 3.19. The van der Waals surface area contributed by atoms with E-state index in [0.29, 0.717) is 13.0 Å². The van der Waals surface area contributed by atoms with E-state index in [-0.39, 0.29) is 5.97 Å². The molecule has 1 aromatic carbocycles. The van der Waals surface area contributed by atoms with Gasteiger partial charge in [-0.3, -0.25) is 4.79 Å². The first-order valence-corrected chi connectivity index (χ1v) is 5.67. The van der Waals surface area contributed by atoms with Crippen molar-refractivity contribution in [3.8, 4) is 5.75 Å². The number of nitrogens with one attached hydrogen (secondary N) is 1. The molecule has 0 aromatic heterocycles. The number of esters is 1. The summed E-state index contributed by atoms with van der Waals surface area (Å²) in [4.78, 5) is 10.9. The average molecular weight is 237 g/mol. The minimum absolute atomic E-state index is 0.185. The number of para-hydroxylation sites is 1. The van der Waals surface area contributed by atoms with Crippen LogP contribution in [0.5, 0.6) is 5.75 Å². The van der Waals surface area contributed by atoms with Crippen molar-refractivity contribution >= 4 is 5.97 Å². The molecule has 0 saturated carbocycles. The Bertz CT molecular complexity index is 352. The van der Waals surface area contributed by atoms with Gasteiger partial charge in [-0.05, 0) is 24.6 Å². The minimum atomic E-state index is -0.185. The van der Waals surface area contributed by atoms with Gasteiger partial charge in [-0.2, -0.15) is 0 Å². The molecule has 0 unspecified atom stereocenters. The Morgan fingerprint density at radius 1 is 1.24 bits per heavy atom. The van der Waals surface area contributed by atoms with Crippen molar-refractivity contribution < 1.29 is 14.3 Å². The average Bonchev–Trinajstić information content (AvgIpc) is 2.38. The Hall–Kier alpha value is -1.55. The molecule has 1 N–H and O–H groups in total. The third-order valence-corrected chi connectivity index (χ3v) is 2.50. The van der Waals surface area contributed by atoms with Gasteiger partial charge in [0.1, 0.15) is 5.75 Å². The standard InChI is InChI=1S/C13H19NO3/c1-16-12-6-4-3-5-11(12)7-9-14-10-8-13(15)17-2/h3-6,14H,7-10H2,1-2H3. The predicted octanol–water partition coefficient (Wildman–Crippen LogP) is 1.39. The van der Waals surface area contributed by atoms with Crippen molar-refractivity contribution in [2.45, 2.75) is 12.8 Å². The van der Waals surface area contributed by atoms with Gasteiger partial charge in [-0.1, -0.05) is 18.2 Å². The lowest BCUT2D eigenvalue weighted by Crippen LogP contribution is -2.21. The lowest BCUT2D eigenvalue weighted by molar-refractivity contribution is -0.140. The van der Waals surface area contributed by atoms with Gasteiger partial charge < -0.3 is 14.8 Å². The van der Waals surface area contributed by atoms with Crippen LogP contribution in [0.25, 0.3) is 0 Å². The van der Waals surface area contributed by atoms with Gasteiger partial charge in [-0.25, -0.2) is 0 Å². The van der Waals surface area contributed by atoms with Crippen LogP contribution in [-0.4, -0.2) is 33.3 Å². The van der Waals surface area contributed by atoms with Gasteiger partial charge >= 0.3 is 5.97 Å². The molecule has 94 valence electrons. The predicted molar refractivity (Wildman–Crippen MR) is 66.2 cm³/mol. The molecule has 0 amide bonds. The summed E-state index contributed by atoms with van der Waals surface area (Å²) < 4.78 is 9.81. The van der Waals surface area contributed by atoms with Crippen molar-refractivity contribution in [3.63, 3.8) is 0 Å². The summed E-state index contributed by atoms with van der Waals surface area (Å²) in [6.07, 6.45) is 1.29. The Morgan fingerprint density at radius 2 is 2.00 bits per heavy atom. The van der Waals surface area contributed by atoms with E-state index < -0.39 is 0 Å². The number of hydrogen-bond acceptors (Lipinski definition) is 4. The van der Waals surface area contributed by atoms with Crippen molar-refractivity contribution in [2.75, 3.05) is 27.3 Å². The molecular formula is C13H19NO3. The molecular weight excluding hydrogens is 218 g/mol. The fourth-order valence-electron chi connectivity index (χ4n) is 1.55. The maximum atomic E-state index is 10.9. The summed E-state index contributed by atoms with van der Waals surface area (Å²) >= 11 is 0. The zero-order valence-electron chi connectivity index (χ0n) is 10.4. The lowest BCUT2D eigenvalue weighted by Gasteiger charge is -2.08. The van der Waals surface area contributed by atoms with Gasteiger partial charge in [0.2, 0.25) is 0 Å². The summed E-state index contributed by atoms with van der Waals surface area (Å²) in [6, 6.07) is 7.93. The van der Waals surface area contributed by atoms with Crippen LogP contribution in [0.3, 0.4) is 0 Å². The molecule has 0 spiro atoms. The van der Waals surface area contributed by atoms with E-state index in [9.17, 15) is 4.79 Å². The Labute approximate surface area is 102 Å². The topological polar surface area (TPSA) is 47.6 Å². The molecule has 1 rings (SSSR count). The molecule has 1 aromatic rings. The van der Waals surface area contributed by atoms with Gasteiger partial charge in [0.05, 0.1) is 20.6 Å². The van der Waals surface area contributed by atoms with Gasteiger partial charge in [-0.15, -0.1) is 0 Å². The maximum absolute atomic E-state index is 10.9. The molecule has 0 atom stereocenters. The summed E-state index contributed by atoms with van der Waals surface area (Å²) in [5.41, 5.74) is 1.17. The highest BCUT2D eigenvalue weighted by Gasteiger charge is 2.02. The van der Waals surface area contributed by atoms with Crippen molar-refractivity contribution in [1.82, 2.24) is 5.32 Å². The Morgan fingerprint density at radius 3 is 2.71 bits per heavy atom. The molecule has 0 aliphatic heterocycles. The largest absolute Gasteiger partial charge is 0.496 e. The molecule has 0 heterocycles. The highest BCUT2D eigenvalue weighted by atomic mass is 16.5. The van der Waals surface area contributed by atoms with E-state index in [1.165, 1.54) is 12.7 Å². The van der Waals surface area contributed by atoms with Crippen molar-refractivity contribution in [3.05, 3.63) is 29.8 Å². The molecule has 0 aliphatic rings. The number of carbonyl (C=O) groups excluding carboxylic acids is 1. The summed E-state index contributed by atoms with van der Waals surface area (Å²) in [7, 11) is 3.07. The van der Waals surface area contributed by atoms with Crippen LogP contribution < -0.4 is 10.1 Å². The molecule has 4 heteroatoms. The number of hydrogen-bond donors (Lipinski definition) is 1. The van der Waals surface area contributed by atoms with E-state index in [0.717, 1.165) is 18.7 Å². The van der Waals surface area contributed by atoms with Gasteiger partial charge in [0, 0.05) is 6.54 Å². The zero-order valence-corrected chi connectivity index (χ0v) is 10.4. The van der Waals surface area contributed by atoms with Crippen LogP contribution >= 0.6 is 0 Å². The fraction of sp³-hybridized carbons (Fsp3) is 0.462. The van der Waals surface area contributed by atoms with Crippen LogP contribution in [0, 0.1) is 0 Å². The monoisotopic (exact) mass is 237 g/mol. The minimum Gasteiger partial charge on any atom is -0.496 e. The third kappa shape index (κ3) is 4.87. The number of ether oxygens (including phenoxy) is 2. The molecule has 4 nitrogen and oxygen atoms in total. The van der Waals surface area contributed by atoms with Crippen LogP contribution in [-0.2, 0) is 16.0 Å². The van der Waals surface area contributed by atoms with Crippen molar-refractivity contribution in [2.24, 2.45) is 0 Å². The number of benzene rings is 1. The molecule has 0 fully saturated rings. The van der Waals surface area contributed by atoms with E-state index >= 15 is 0 Å². The second kappa shape index (κ2) is 7.68. The maximum Gasteiger partial charge on any atom is 0.306 e. The highest BCUT2D eigenvalue weighted by Crippen LogP contribution is 2.17. The first kappa shape index (κ1) is 13.5. The van der Waals surface area contributed by atoms with E-state index in [1.54, 1.807) is 7.11 Å². The lowest BCUT2D eigenvalue weighted by atomic mass is 10.1. The molecule has 0 radical (unpaired) electrons. The van der Waals surface area contributed by atoms with Crippen LogP contribution in [0.2, 0.25) is 0 Å². The Kier molecular flexibility index (Phi) is 6.10. The first-order valence-electron chi connectivity index (χ1n) is 5.67. The number of methoxy groups -OCH3 is 2. The van der Waals surface area contributed by atoms with E-state index in [2.05, 4.69) is 10.1 Å². The molecule has 0 saturated heterocycles. The third-order valence-electron chi connectivity index (χ3n) is 2.50. The zero-order chi connectivity index (χ0) is 12.5. The van der Waals surface area contributed by atoms with Crippen molar-refractivity contribution in [1.29, 1.82) is 0 Å². The number of carbonyl (C=O) groups is 1. The molecule has 0 bridgehead atoms. The first-order chi connectivity index (χ1) is 8.27. The quantitative estimate of drug-likeness (QED) is 0.575. The highest BCUT2D eigenvalue weighted by molar-refractivity contribution is 5.69. The van der Waals surface area contributed by atoms with Gasteiger partial charge in [0.15, 0.2) is 0 Å². The summed E-state index contributed by atoms with van der Waals surface area (Å²) in [6.45, 7) is 1.46. The smallest absolute Gasteiger partial charge is 0.306 e. The molecule has 0 aliphatic carbocycles. The second-order valence-electron chi connectivity index (χ2n) is 3.64. The van der Waals surface area contributed by atoms with E-state index in [1.807, 2.05) is 24.3 Å². The Balaban J connectivity index is 2.24. The normalized spacial score (nSPS) is 10.0. The van der Waals surface area contributed by atoms with Crippen LogP contribution in [0.4, 0.5) is 0 Å². The van der Waals surface area contributed by atoms with E-state index in [4.69, 9.17) is 4.74 Å². The second-order valence-corrected chi connectivity index (χ2v) is 3.64. The fourth-order valence-corrected chi connectivity index (χ4v) is 1.55. The number of rotatable bonds is 7.